The number of carbonyl (C=O) groups excluding carboxylic acids is 1. The number of nitrogens with two attached hydrogens (primary N) is 1. The van der Waals surface area contributed by atoms with E-state index in [1.54, 1.807) is 0 Å². The van der Waals surface area contributed by atoms with Crippen LogP contribution in [-0.4, -0.2) is 11.7 Å². The molecular formula is C13H23N3O. The number of hydrazone groups is 1. The van der Waals surface area contributed by atoms with Crippen molar-refractivity contribution in [2.24, 2.45) is 22.7 Å². The van der Waals surface area contributed by atoms with Crippen molar-refractivity contribution in [1.29, 1.82) is 0 Å². The molecular weight excluding hydrogens is 214 g/mol. The van der Waals surface area contributed by atoms with Crippen molar-refractivity contribution in [2.45, 2.75) is 57.8 Å². The van der Waals surface area contributed by atoms with Gasteiger partial charge in [0.15, 0.2) is 0 Å². The van der Waals surface area contributed by atoms with E-state index in [2.05, 4.69) is 10.5 Å². The van der Waals surface area contributed by atoms with E-state index in [1.807, 2.05) is 0 Å². The highest BCUT2D eigenvalue weighted by atomic mass is 16.2. The number of nitrogens with one attached hydrogen (secondary N) is 1. The minimum absolute atomic E-state index is 0.552. The largest absolute Gasteiger partial charge is 0.350 e. The quantitative estimate of drug-likeness (QED) is 0.676. The van der Waals surface area contributed by atoms with Crippen molar-refractivity contribution in [3.05, 3.63) is 0 Å². The molecule has 4 heteroatoms. The molecule has 17 heavy (non-hydrogen) atoms. The molecule has 0 heterocycles. The third-order valence-corrected chi connectivity index (χ3v) is 3.92. The minimum atomic E-state index is -0.552. The van der Waals surface area contributed by atoms with E-state index >= 15 is 0 Å². The standard InChI is InChI=1S/C13H23N3O/c14-13(17)16-15-12-8-6-4-2-1-3-5-7-10-9-11(10)12/h10-11H,1-9H2,(H3,14,16,17)/b15-12+/t10-,11-/m0/s1. The second-order valence-electron chi connectivity index (χ2n) is 5.34. The summed E-state index contributed by atoms with van der Waals surface area (Å²) in [5.74, 6) is 1.45. The Hall–Kier alpha value is -1.06. The normalized spacial score (nSPS) is 32.4. The number of hydrogen-bond acceptors (Lipinski definition) is 2. The van der Waals surface area contributed by atoms with Gasteiger partial charge in [-0.3, -0.25) is 0 Å². The van der Waals surface area contributed by atoms with E-state index in [0.29, 0.717) is 5.92 Å². The van der Waals surface area contributed by atoms with Gasteiger partial charge in [0.2, 0.25) is 0 Å². The van der Waals surface area contributed by atoms with Crippen LogP contribution in [0.2, 0.25) is 0 Å². The minimum Gasteiger partial charge on any atom is -0.350 e. The fourth-order valence-electron chi connectivity index (χ4n) is 2.85. The monoisotopic (exact) mass is 237 g/mol. The van der Waals surface area contributed by atoms with Crippen molar-refractivity contribution < 1.29 is 4.79 Å². The van der Waals surface area contributed by atoms with Crippen LogP contribution >= 0.6 is 0 Å². The summed E-state index contributed by atoms with van der Waals surface area (Å²) in [5.41, 5.74) is 8.64. The Kier molecular flexibility index (Phi) is 4.40. The second kappa shape index (κ2) is 6.03. The summed E-state index contributed by atoms with van der Waals surface area (Å²) in [6.07, 6.45) is 11.6. The summed E-state index contributed by atoms with van der Waals surface area (Å²) >= 11 is 0. The lowest BCUT2D eigenvalue weighted by Crippen LogP contribution is -2.26. The predicted molar refractivity (Wildman–Crippen MR) is 68.7 cm³/mol. The van der Waals surface area contributed by atoms with E-state index < -0.39 is 6.03 Å². The molecule has 2 atom stereocenters. The zero-order valence-electron chi connectivity index (χ0n) is 10.5. The van der Waals surface area contributed by atoms with Crippen molar-refractivity contribution in [2.75, 3.05) is 0 Å². The molecule has 2 saturated carbocycles. The van der Waals surface area contributed by atoms with E-state index in [-0.39, 0.29) is 0 Å². The van der Waals surface area contributed by atoms with Crippen LogP contribution in [0.4, 0.5) is 4.79 Å². The first-order valence-electron chi connectivity index (χ1n) is 6.89. The first-order valence-corrected chi connectivity index (χ1v) is 6.89. The predicted octanol–water partition coefficient (Wildman–Crippen LogP) is 2.78. The summed E-state index contributed by atoms with van der Waals surface area (Å²) in [7, 11) is 0. The van der Waals surface area contributed by atoms with Gasteiger partial charge in [0, 0.05) is 11.6 Å². The Bertz CT molecular complexity index is 301. The molecule has 0 bridgehead atoms. The average molecular weight is 237 g/mol. The summed E-state index contributed by atoms with van der Waals surface area (Å²) in [4.78, 5) is 10.7. The smallest absolute Gasteiger partial charge is 0.332 e. The number of primary amides is 1. The lowest BCUT2D eigenvalue weighted by molar-refractivity contribution is 0.249. The van der Waals surface area contributed by atoms with Gasteiger partial charge in [-0.25, -0.2) is 10.2 Å². The molecule has 3 N–H and O–H groups in total. The number of carbonyl (C=O) groups is 1. The summed E-state index contributed by atoms with van der Waals surface area (Å²) in [5, 5.41) is 4.20. The Morgan fingerprint density at radius 1 is 1.18 bits per heavy atom. The van der Waals surface area contributed by atoms with E-state index in [4.69, 9.17) is 5.73 Å². The van der Waals surface area contributed by atoms with E-state index in [0.717, 1.165) is 12.3 Å². The van der Waals surface area contributed by atoms with Crippen LogP contribution in [0.3, 0.4) is 0 Å². The Morgan fingerprint density at radius 2 is 1.88 bits per heavy atom. The first kappa shape index (κ1) is 12.4. The maximum Gasteiger partial charge on any atom is 0.332 e. The van der Waals surface area contributed by atoms with Gasteiger partial charge in [-0.05, 0) is 31.6 Å². The number of urea groups is 1. The maximum absolute atomic E-state index is 10.7. The fraction of sp³-hybridized carbons (Fsp3) is 0.846. The Morgan fingerprint density at radius 3 is 2.65 bits per heavy atom. The SMILES string of the molecule is NC(=O)N/N=C1\CCCCCCCC[C@H]2C[C@H]12. The third kappa shape index (κ3) is 4.02. The van der Waals surface area contributed by atoms with E-state index in [9.17, 15) is 4.79 Å². The number of nitrogens with zero attached hydrogens (tertiary/aromatic N) is 1. The summed E-state index contributed by atoms with van der Waals surface area (Å²) < 4.78 is 0. The molecule has 2 aliphatic rings. The topological polar surface area (TPSA) is 67.5 Å². The van der Waals surface area contributed by atoms with Gasteiger partial charge in [0.25, 0.3) is 0 Å². The summed E-state index contributed by atoms with van der Waals surface area (Å²) in [6.45, 7) is 0. The van der Waals surface area contributed by atoms with Gasteiger partial charge in [0.05, 0.1) is 0 Å². The fourth-order valence-corrected chi connectivity index (χ4v) is 2.85. The molecule has 2 fully saturated rings. The van der Waals surface area contributed by atoms with Crippen LogP contribution in [0.15, 0.2) is 5.10 Å². The Labute approximate surface area is 103 Å². The zero-order chi connectivity index (χ0) is 12.1. The zero-order valence-corrected chi connectivity index (χ0v) is 10.5. The molecule has 0 aliphatic heterocycles. The molecule has 2 amide bonds. The van der Waals surface area contributed by atoms with Gasteiger partial charge in [-0.15, -0.1) is 0 Å². The molecule has 0 saturated heterocycles. The van der Waals surface area contributed by atoms with Crippen LogP contribution in [0, 0.1) is 11.8 Å². The third-order valence-electron chi connectivity index (χ3n) is 3.92. The van der Waals surface area contributed by atoms with Crippen molar-refractivity contribution in [3.63, 3.8) is 0 Å². The molecule has 2 aliphatic carbocycles. The molecule has 0 spiro atoms. The van der Waals surface area contributed by atoms with Crippen molar-refractivity contribution in [3.8, 4) is 0 Å². The van der Waals surface area contributed by atoms with Gasteiger partial charge < -0.3 is 5.73 Å². The number of hydrogen-bond donors (Lipinski definition) is 2. The highest BCUT2D eigenvalue weighted by molar-refractivity contribution is 5.90. The molecule has 2 rings (SSSR count). The van der Waals surface area contributed by atoms with Crippen molar-refractivity contribution >= 4 is 11.7 Å². The molecule has 0 aromatic rings. The highest BCUT2D eigenvalue weighted by Crippen LogP contribution is 2.44. The van der Waals surface area contributed by atoms with Crippen LogP contribution in [-0.2, 0) is 0 Å². The van der Waals surface area contributed by atoms with Crippen LogP contribution < -0.4 is 11.2 Å². The number of amides is 2. The molecule has 0 aromatic carbocycles. The van der Waals surface area contributed by atoms with Crippen LogP contribution in [0.5, 0.6) is 0 Å². The van der Waals surface area contributed by atoms with E-state index in [1.165, 1.54) is 57.1 Å². The lowest BCUT2D eigenvalue weighted by atomic mass is 10.1. The van der Waals surface area contributed by atoms with Gasteiger partial charge in [0.1, 0.15) is 0 Å². The van der Waals surface area contributed by atoms with Gasteiger partial charge in [-0.2, -0.15) is 5.10 Å². The molecule has 96 valence electrons. The average Bonchev–Trinajstić information content (AvgIpc) is 3.03. The van der Waals surface area contributed by atoms with Crippen LogP contribution in [0.1, 0.15) is 57.8 Å². The second-order valence-corrected chi connectivity index (χ2v) is 5.34. The van der Waals surface area contributed by atoms with Gasteiger partial charge in [-0.1, -0.05) is 32.1 Å². The van der Waals surface area contributed by atoms with Crippen LogP contribution in [0.25, 0.3) is 0 Å². The summed E-state index contributed by atoms with van der Waals surface area (Å²) in [6, 6.07) is -0.552. The lowest BCUT2D eigenvalue weighted by Gasteiger charge is -2.05. The molecule has 0 unspecified atom stereocenters. The molecule has 0 aromatic heterocycles. The van der Waals surface area contributed by atoms with Crippen molar-refractivity contribution in [1.82, 2.24) is 5.43 Å². The maximum atomic E-state index is 10.7. The number of rotatable bonds is 1. The Balaban J connectivity index is 1.91. The molecule has 0 radical (unpaired) electrons. The highest BCUT2D eigenvalue weighted by Gasteiger charge is 2.40. The first-order chi connectivity index (χ1) is 8.27. The molecule has 4 nitrogen and oxygen atoms in total. The number of fused-ring (bicyclic) bond motifs is 1. The van der Waals surface area contributed by atoms with Gasteiger partial charge >= 0.3 is 6.03 Å².